The minimum atomic E-state index is -0.719. The molecule has 0 unspecified atom stereocenters. The lowest BCUT2D eigenvalue weighted by Gasteiger charge is -2.22. The fraction of sp³-hybridized carbons (Fsp3) is 0.667. The molecule has 1 aromatic rings. The minimum Gasteiger partial charge on any atom is -0.480 e. The fourth-order valence-corrected chi connectivity index (χ4v) is 2.53. The average Bonchev–Trinajstić information content (AvgIpc) is 2.90. The van der Waals surface area contributed by atoms with E-state index < -0.39 is 5.97 Å². The first-order valence-corrected chi connectivity index (χ1v) is 6.19. The molecule has 94 valence electrons. The molecule has 0 aliphatic carbocycles. The number of aliphatic carboxylic acids is 1. The first kappa shape index (κ1) is 12.1. The summed E-state index contributed by atoms with van der Waals surface area (Å²) in [6, 6.07) is 2.37. The normalized spacial score (nSPS) is 20.8. The Morgan fingerprint density at radius 2 is 2.41 bits per heavy atom. The molecule has 0 saturated carbocycles. The predicted molar refractivity (Wildman–Crippen MR) is 63.7 cm³/mol. The fourth-order valence-electron chi connectivity index (χ4n) is 2.53. The summed E-state index contributed by atoms with van der Waals surface area (Å²) in [5.41, 5.74) is 0. The van der Waals surface area contributed by atoms with E-state index in [-0.39, 0.29) is 6.54 Å². The highest BCUT2D eigenvalue weighted by atomic mass is 16.4. The molecule has 1 N–H and O–H groups in total. The lowest BCUT2D eigenvalue weighted by Crippen LogP contribution is -2.34. The van der Waals surface area contributed by atoms with Gasteiger partial charge < -0.3 is 5.11 Å². The number of aromatic nitrogens is 2. The molecular weight excluding hydrogens is 218 g/mol. The Morgan fingerprint density at radius 3 is 3.12 bits per heavy atom. The van der Waals surface area contributed by atoms with Crippen molar-refractivity contribution in [1.29, 1.82) is 0 Å². The summed E-state index contributed by atoms with van der Waals surface area (Å²) >= 11 is 0. The molecule has 5 nitrogen and oxygen atoms in total. The molecule has 0 radical (unpaired) electrons. The van der Waals surface area contributed by atoms with Crippen molar-refractivity contribution in [1.82, 2.24) is 14.7 Å². The van der Waals surface area contributed by atoms with Crippen molar-refractivity contribution in [3.63, 3.8) is 0 Å². The predicted octanol–water partition coefficient (Wildman–Crippen LogP) is 1.21. The molecule has 0 aromatic carbocycles. The largest absolute Gasteiger partial charge is 0.480 e. The molecule has 2 heterocycles. The second-order valence-corrected chi connectivity index (χ2v) is 4.57. The van der Waals surface area contributed by atoms with Crippen molar-refractivity contribution in [2.45, 2.75) is 38.3 Å². The second-order valence-electron chi connectivity index (χ2n) is 4.57. The van der Waals surface area contributed by atoms with Crippen molar-refractivity contribution in [3.05, 3.63) is 18.5 Å². The van der Waals surface area contributed by atoms with Crippen LogP contribution < -0.4 is 0 Å². The summed E-state index contributed by atoms with van der Waals surface area (Å²) in [6.45, 7) is 2.04. The van der Waals surface area contributed by atoms with E-state index in [2.05, 4.69) is 10.00 Å². The first-order chi connectivity index (χ1) is 8.25. The molecule has 1 fully saturated rings. The number of carboxylic acids is 1. The van der Waals surface area contributed by atoms with Crippen LogP contribution in [0.1, 0.15) is 25.7 Å². The van der Waals surface area contributed by atoms with Crippen molar-refractivity contribution in [3.8, 4) is 0 Å². The van der Waals surface area contributed by atoms with Gasteiger partial charge in [0.05, 0.1) is 6.54 Å². The standard InChI is InChI=1S/C12H19N3O2/c16-12(17)10-14-7-1-4-11(14)5-2-8-15-9-3-6-13-15/h3,6,9,11H,1-2,4-5,7-8,10H2,(H,16,17)/t11-/m1/s1. The Kier molecular flexibility index (Phi) is 4.14. The van der Waals surface area contributed by atoms with Gasteiger partial charge in [-0.3, -0.25) is 14.4 Å². The SMILES string of the molecule is O=C(O)CN1CCC[C@@H]1CCCn1cccn1. The van der Waals surface area contributed by atoms with Gasteiger partial charge >= 0.3 is 5.97 Å². The highest BCUT2D eigenvalue weighted by Gasteiger charge is 2.25. The van der Waals surface area contributed by atoms with Gasteiger partial charge in [-0.15, -0.1) is 0 Å². The third kappa shape index (κ3) is 3.56. The number of rotatable bonds is 6. The summed E-state index contributed by atoms with van der Waals surface area (Å²) in [5.74, 6) is -0.719. The molecule has 17 heavy (non-hydrogen) atoms. The van der Waals surface area contributed by atoms with Crippen LogP contribution in [0.25, 0.3) is 0 Å². The van der Waals surface area contributed by atoms with E-state index in [1.165, 1.54) is 0 Å². The van der Waals surface area contributed by atoms with Crippen molar-refractivity contribution in [2.75, 3.05) is 13.1 Å². The number of likely N-dealkylation sites (tertiary alicyclic amines) is 1. The molecule has 0 amide bonds. The van der Waals surface area contributed by atoms with Gasteiger partial charge in [0.1, 0.15) is 0 Å². The Balaban J connectivity index is 1.72. The van der Waals surface area contributed by atoms with Gasteiger partial charge in [0, 0.05) is 25.0 Å². The number of carboxylic acid groups (broad SMARTS) is 1. The highest BCUT2D eigenvalue weighted by Crippen LogP contribution is 2.21. The smallest absolute Gasteiger partial charge is 0.317 e. The zero-order chi connectivity index (χ0) is 12.1. The van der Waals surface area contributed by atoms with Gasteiger partial charge in [0.2, 0.25) is 0 Å². The van der Waals surface area contributed by atoms with Crippen LogP contribution >= 0.6 is 0 Å². The third-order valence-electron chi connectivity index (χ3n) is 3.32. The number of hydrogen-bond donors (Lipinski definition) is 1. The molecule has 2 rings (SSSR count). The van der Waals surface area contributed by atoms with Crippen LogP contribution in [0.15, 0.2) is 18.5 Å². The van der Waals surface area contributed by atoms with Crippen LogP contribution in [-0.4, -0.2) is 44.9 Å². The summed E-state index contributed by atoms with van der Waals surface area (Å²) in [6.07, 6.45) is 8.12. The molecule has 1 aliphatic rings. The number of hydrogen-bond acceptors (Lipinski definition) is 3. The molecule has 5 heteroatoms. The van der Waals surface area contributed by atoms with E-state index in [0.717, 1.165) is 38.8 Å². The maximum absolute atomic E-state index is 10.7. The molecule has 1 aromatic heterocycles. The van der Waals surface area contributed by atoms with E-state index in [1.54, 1.807) is 6.20 Å². The van der Waals surface area contributed by atoms with Gasteiger partial charge in [-0.25, -0.2) is 0 Å². The molecule has 0 bridgehead atoms. The van der Waals surface area contributed by atoms with E-state index in [1.807, 2.05) is 16.9 Å². The van der Waals surface area contributed by atoms with Crippen molar-refractivity contribution in [2.24, 2.45) is 0 Å². The molecular formula is C12H19N3O2. The first-order valence-electron chi connectivity index (χ1n) is 6.19. The maximum Gasteiger partial charge on any atom is 0.317 e. The zero-order valence-corrected chi connectivity index (χ0v) is 9.96. The van der Waals surface area contributed by atoms with E-state index in [0.29, 0.717) is 6.04 Å². The summed E-state index contributed by atoms with van der Waals surface area (Å²) < 4.78 is 1.93. The molecule has 1 saturated heterocycles. The monoisotopic (exact) mass is 237 g/mol. The number of nitrogens with zero attached hydrogens (tertiary/aromatic N) is 3. The van der Waals surface area contributed by atoms with Crippen molar-refractivity contribution < 1.29 is 9.90 Å². The van der Waals surface area contributed by atoms with Crippen LogP contribution in [0.3, 0.4) is 0 Å². The minimum absolute atomic E-state index is 0.187. The van der Waals surface area contributed by atoms with Gasteiger partial charge in [0.15, 0.2) is 0 Å². The van der Waals surface area contributed by atoms with Gasteiger partial charge in [0.25, 0.3) is 0 Å². The Hall–Kier alpha value is -1.36. The van der Waals surface area contributed by atoms with Crippen LogP contribution in [-0.2, 0) is 11.3 Å². The average molecular weight is 237 g/mol. The highest BCUT2D eigenvalue weighted by molar-refractivity contribution is 5.69. The van der Waals surface area contributed by atoms with Crippen LogP contribution in [0, 0.1) is 0 Å². The van der Waals surface area contributed by atoms with Crippen molar-refractivity contribution >= 4 is 5.97 Å². The van der Waals surface area contributed by atoms with E-state index >= 15 is 0 Å². The lowest BCUT2D eigenvalue weighted by molar-refractivity contribution is -0.138. The van der Waals surface area contributed by atoms with Crippen LogP contribution in [0.2, 0.25) is 0 Å². The van der Waals surface area contributed by atoms with Gasteiger partial charge in [-0.2, -0.15) is 5.10 Å². The van der Waals surface area contributed by atoms with E-state index in [9.17, 15) is 4.79 Å². The topological polar surface area (TPSA) is 58.4 Å². The summed E-state index contributed by atoms with van der Waals surface area (Å²) in [5, 5.41) is 13.0. The van der Waals surface area contributed by atoms with Crippen LogP contribution in [0.5, 0.6) is 0 Å². The molecule has 1 atom stereocenters. The summed E-state index contributed by atoms with van der Waals surface area (Å²) in [7, 11) is 0. The van der Waals surface area contributed by atoms with Gasteiger partial charge in [-0.05, 0) is 38.3 Å². The quantitative estimate of drug-likeness (QED) is 0.808. The zero-order valence-electron chi connectivity index (χ0n) is 9.96. The second kappa shape index (κ2) is 5.82. The summed E-state index contributed by atoms with van der Waals surface area (Å²) in [4.78, 5) is 12.8. The van der Waals surface area contributed by atoms with Gasteiger partial charge in [-0.1, -0.05) is 0 Å². The third-order valence-corrected chi connectivity index (χ3v) is 3.32. The number of aryl methyl sites for hydroxylation is 1. The van der Waals surface area contributed by atoms with Crippen LogP contribution in [0.4, 0.5) is 0 Å². The molecule has 0 spiro atoms. The Morgan fingerprint density at radius 1 is 1.53 bits per heavy atom. The Labute approximate surface area is 101 Å². The van der Waals surface area contributed by atoms with E-state index in [4.69, 9.17) is 5.11 Å². The number of carbonyl (C=O) groups is 1. The molecule has 1 aliphatic heterocycles. The maximum atomic E-state index is 10.7. The Bertz CT molecular complexity index is 351. The lowest BCUT2D eigenvalue weighted by atomic mass is 10.1.